The van der Waals surface area contributed by atoms with Gasteiger partial charge in [0.15, 0.2) is 5.82 Å². The topological polar surface area (TPSA) is 39.9 Å². The Labute approximate surface area is 96.0 Å². The monoisotopic (exact) mass is 267 g/mol. The van der Waals surface area contributed by atoms with E-state index in [-0.39, 0.29) is 0 Å². The van der Waals surface area contributed by atoms with Gasteiger partial charge in [0.2, 0.25) is 0 Å². The van der Waals surface area contributed by atoms with Crippen LogP contribution < -0.4 is 4.74 Å². The summed E-state index contributed by atoms with van der Waals surface area (Å²) in [5.41, 5.74) is 0.882. The van der Waals surface area contributed by atoms with E-state index in [0.717, 1.165) is 15.8 Å². The number of ether oxygens (including phenoxy) is 1. The van der Waals surface area contributed by atoms with Gasteiger partial charge in [0.25, 0.3) is 0 Å². The number of aryl methyl sites for hydroxylation is 1. The standard InChI is InChI=1S/C10H10BrN3O/c1-14-6-12-10(13-14)8-5-7(11)3-4-9(8)15-2/h3-6H,1-2H3. The average molecular weight is 268 g/mol. The van der Waals surface area contributed by atoms with Crippen molar-refractivity contribution in [3.05, 3.63) is 29.0 Å². The summed E-state index contributed by atoms with van der Waals surface area (Å²) in [5, 5.41) is 4.24. The molecule has 1 aromatic carbocycles. The highest BCUT2D eigenvalue weighted by Crippen LogP contribution is 2.29. The molecule has 0 spiro atoms. The maximum atomic E-state index is 5.25. The number of aromatic nitrogens is 3. The van der Waals surface area contributed by atoms with Crippen molar-refractivity contribution in [2.24, 2.45) is 7.05 Å². The smallest absolute Gasteiger partial charge is 0.184 e. The van der Waals surface area contributed by atoms with E-state index < -0.39 is 0 Å². The maximum absolute atomic E-state index is 5.25. The van der Waals surface area contributed by atoms with Gasteiger partial charge in [-0.15, -0.1) is 0 Å². The Morgan fingerprint density at radius 3 is 2.80 bits per heavy atom. The van der Waals surface area contributed by atoms with Crippen molar-refractivity contribution in [3.63, 3.8) is 0 Å². The van der Waals surface area contributed by atoms with Gasteiger partial charge in [-0.3, -0.25) is 4.68 Å². The van der Waals surface area contributed by atoms with Crippen molar-refractivity contribution < 1.29 is 4.74 Å². The molecule has 0 saturated carbocycles. The first-order valence-electron chi connectivity index (χ1n) is 4.40. The number of halogens is 1. The zero-order chi connectivity index (χ0) is 10.8. The van der Waals surface area contributed by atoms with Crippen LogP contribution in [-0.4, -0.2) is 21.9 Å². The lowest BCUT2D eigenvalue weighted by molar-refractivity contribution is 0.416. The van der Waals surface area contributed by atoms with Gasteiger partial charge < -0.3 is 4.74 Å². The normalized spacial score (nSPS) is 10.3. The van der Waals surface area contributed by atoms with Gasteiger partial charge in [-0.05, 0) is 18.2 Å². The Balaban J connectivity index is 2.55. The van der Waals surface area contributed by atoms with E-state index in [2.05, 4.69) is 26.0 Å². The SMILES string of the molecule is COc1ccc(Br)cc1-c1ncn(C)n1. The van der Waals surface area contributed by atoms with E-state index in [4.69, 9.17) is 4.74 Å². The maximum Gasteiger partial charge on any atom is 0.184 e. The summed E-state index contributed by atoms with van der Waals surface area (Å²) in [6.07, 6.45) is 1.66. The molecule has 0 atom stereocenters. The predicted molar refractivity (Wildman–Crippen MR) is 60.7 cm³/mol. The summed E-state index contributed by atoms with van der Waals surface area (Å²) in [5.74, 6) is 1.43. The second-order valence-corrected chi connectivity index (χ2v) is 4.00. The van der Waals surface area contributed by atoms with E-state index >= 15 is 0 Å². The third-order valence-corrected chi connectivity index (χ3v) is 2.50. The number of benzene rings is 1. The summed E-state index contributed by atoms with van der Waals surface area (Å²) in [6, 6.07) is 5.75. The van der Waals surface area contributed by atoms with E-state index in [1.54, 1.807) is 18.1 Å². The molecule has 0 aliphatic carbocycles. The molecule has 78 valence electrons. The molecule has 1 heterocycles. The molecule has 0 aliphatic heterocycles. The van der Waals surface area contributed by atoms with E-state index in [1.807, 2.05) is 25.2 Å². The predicted octanol–water partition coefficient (Wildman–Crippen LogP) is 2.25. The van der Waals surface area contributed by atoms with Crippen molar-refractivity contribution in [2.45, 2.75) is 0 Å². The molecule has 2 rings (SSSR count). The molecule has 15 heavy (non-hydrogen) atoms. The van der Waals surface area contributed by atoms with Crippen molar-refractivity contribution in [1.82, 2.24) is 14.8 Å². The van der Waals surface area contributed by atoms with Crippen LogP contribution in [0, 0.1) is 0 Å². The highest BCUT2D eigenvalue weighted by molar-refractivity contribution is 9.10. The van der Waals surface area contributed by atoms with Gasteiger partial charge in [0.05, 0.1) is 12.7 Å². The van der Waals surface area contributed by atoms with Crippen molar-refractivity contribution in [2.75, 3.05) is 7.11 Å². The molecule has 2 aromatic rings. The van der Waals surface area contributed by atoms with Crippen LogP contribution in [0.25, 0.3) is 11.4 Å². The molecule has 0 amide bonds. The van der Waals surface area contributed by atoms with Crippen LogP contribution in [0.4, 0.5) is 0 Å². The molecule has 0 N–H and O–H groups in total. The second-order valence-electron chi connectivity index (χ2n) is 3.09. The third kappa shape index (κ3) is 2.02. The summed E-state index contributed by atoms with van der Waals surface area (Å²) >= 11 is 3.41. The van der Waals surface area contributed by atoms with Crippen LogP contribution in [0.15, 0.2) is 29.0 Å². The second kappa shape index (κ2) is 4.02. The fraction of sp³-hybridized carbons (Fsp3) is 0.200. The summed E-state index contributed by atoms with van der Waals surface area (Å²) in [7, 11) is 3.47. The van der Waals surface area contributed by atoms with Gasteiger partial charge in [-0.2, -0.15) is 5.10 Å². The molecule has 0 fully saturated rings. The minimum Gasteiger partial charge on any atom is -0.496 e. The number of rotatable bonds is 2. The molecule has 0 radical (unpaired) electrons. The fourth-order valence-electron chi connectivity index (χ4n) is 1.32. The van der Waals surface area contributed by atoms with Crippen LogP contribution >= 0.6 is 15.9 Å². The molecule has 1 aromatic heterocycles. The lowest BCUT2D eigenvalue weighted by atomic mass is 10.2. The minimum atomic E-state index is 0.663. The Morgan fingerprint density at radius 1 is 1.40 bits per heavy atom. The molecule has 4 nitrogen and oxygen atoms in total. The Kier molecular flexibility index (Phi) is 2.73. The van der Waals surface area contributed by atoms with Crippen LogP contribution in [0.2, 0.25) is 0 Å². The molecule has 0 aliphatic rings. The third-order valence-electron chi connectivity index (χ3n) is 2.00. The van der Waals surface area contributed by atoms with Crippen LogP contribution in [0.5, 0.6) is 5.75 Å². The van der Waals surface area contributed by atoms with Gasteiger partial charge in [0, 0.05) is 11.5 Å². The first-order chi connectivity index (χ1) is 7.20. The number of hydrogen-bond donors (Lipinski definition) is 0. The molecule has 0 unspecified atom stereocenters. The van der Waals surface area contributed by atoms with Gasteiger partial charge in [-0.1, -0.05) is 15.9 Å². The Bertz CT molecular complexity index is 481. The van der Waals surface area contributed by atoms with Gasteiger partial charge in [-0.25, -0.2) is 4.98 Å². The van der Waals surface area contributed by atoms with E-state index in [0.29, 0.717) is 5.82 Å². The van der Waals surface area contributed by atoms with Crippen molar-refractivity contribution >= 4 is 15.9 Å². The van der Waals surface area contributed by atoms with Crippen molar-refractivity contribution in [3.8, 4) is 17.1 Å². The zero-order valence-corrected chi connectivity index (χ0v) is 10.0. The fourth-order valence-corrected chi connectivity index (χ4v) is 1.68. The van der Waals surface area contributed by atoms with Crippen LogP contribution in [0.3, 0.4) is 0 Å². The average Bonchev–Trinajstić information content (AvgIpc) is 2.65. The number of nitrogens with zero attached hydrogens (tertiary/aromatic N) is 3. The first-order valence-corrected chi connectivity index (χ1v) is 5.19. The lowest BCUT2D eigenvalue weighted by Gasteiger charge is -2.05. The van der Waals surface area contributed by atoms with E-state index in [9.17, 15) is 0 Å². The van der Waals surface area contributed by atoms with Gasteiger partial charge in [0.1, 0.15) is 12.1 Å². The van der Waals surface area contributed by atoms with Crippen LogP contribution in [0.1, 0.15) is 0 Å². The Hall–Kier alpha value is -1.36. The van der Waals surface area contributed by atoms with Crippen LogP contribution in [-0.2, 0) is 7.05 Å². The number of hydrogen-bond acceptors (Lipinski definition) is 3. The van der Waals surface area contributed by atoms with E-state index in [1.165, 1.54) is 0 Å². The largest absolute Gasteiger partial charge is 0.496 e. The number of methoxy groups -OCH3 is 1. The first kappa shape index (κ1) is 10.2. The highest BCUT2D eigenvalue weighted by Gasteiger charge is 2.10. The quantitative estimate of drug-likeness (QED) is 0.838. The molecular weight excluding hydrogens is 258 g/mol. The van der Waals surface area contributed by atoms with Gasteiger partial charge >= 0.3 is 0 Å². The zero-order valence-electron chi connectivity index (χ0n) is 8.44. The summed E-state index contributed by atoms with van der Waals surface area (Å²) in [4.78, 5) is 4.19. The Morgan fingerprint density at radius 2 is 2.20 bits per heavy atom. The summed E-state index contributed by atoms with van der Waals surface area (Å²) in [6.45, 7) is 0. The minimum absolute atomic E-state index is 0.663. The summed E-state index contributed by atoms with van der Waals surface area (Å²) < 4.78 is 7.89. The van der Waals surface area contributed by atoms with Crippen molar-refractivity contribution in [1.29, 1.82) is 0 Å². The highest BCUT2D eigenvalue weighted by atomic mass is 79.9. The molecular formula is C10H10BrN3O. The lowest BCUT2D eigenvalue weighted by Crippen LogP contribution is -1.91. The molecule has 0 saturated heterocycles. The molecule has 5 heteroatoms. The molecule has 0 bridgehead atoms.